The van der Waals surface area contributed by atoms with Crippen LogP contribution < -0.4 is 0 Å². The molecule has 0 heterocycles. The molecule has 1 heteroatoms. The van der Waals surface area contributed by atoms with Crippen molar-refractivity contribution in [2.75, 3.05) is 0 Å². The van der Waals surface area contributed by atoms with E-state index in [0.29, 0.717) is 0 Å². The topological polar surface area (TPSA) is 17.1 Å². The smallest absolute Gasteiger partial charge is 0.152 e. The Labute approximate surface area is 75.9 Å². The molecule has 0 aliphatic carbocycles. The van der Waals surface area contributed by atoms with Gasteiger partial charge in [-0.25, -0.2) is 0 Å². The minimum Gasteiger partial charge on any atom is -0.295 e. The maximum atomic E-state index is 10.5. The number of allylic oxidation sites excluding steroid dienone is 2. The highest BCUT2D eigenvalue weighted by molar-refractivity contribution is 5.87. The number of carbonyl (C=O) groups is 1. The molecule has 0 aliphatic rings. The quantitative estimate of drug-likeness (QED) is 0.439. The molecule has 70 valence electrons. The molecular formula is C11H20O. The molecule has 0 aromatic heterocycles. The molecule has 0 aromatic carbocycles. The van der Waals surface area contributed by atoms with Crippen molar-refractivity contribution < 1.29 is 4.79 Å². The van der Waals surface area contributed by atoms with Crippen molar-refractivity contribution in [1.82, 2.24) is 0 Å². The summed E-state index contributed by atoms with van der Waals surface area (Å²) in [6.45, 7) is 6.07. The van der Waals surface area contributed by atoms with Gasteiger partial charge in [0, 0.05) is 0 Å². The number of rotatable bonds is 6. The van der Waals surface area contributed by atoms with Crippen molar-refractivity contribution in [2.24, 2.45) is 5.92 Å². The van der Waals surface area contributed by atoms with E-state index in [1.807, 2.05) is 6.08 Å². The monoisotopic (exact) mass is 168 g/mol. The first-order chi connectivity index (χ1) is 5.63. The zero-order valence-corrected chi connectivity index (χ0v) is 8.47. The zero-order chi connectivity index (χ0) is 9.40. The van der Waals surface area contributed by atoms with Crippen LogP contribution in [0.2, 0.25) is 0 Å². The molecule has 12 heavy (non-hydrogen) atoms. The fourth-order valence-corrected chi connectivity index (χ4v) is 1.06. The van der Waals surface area contributed by atoms with E-state index in [0.717, 1.165) is 12.3 Å². The predicted octanol–water partition coefficient (Wildman–Crippen LogP) is 3.35. The lowest BCUT2D eigenvalue weighted by Gasteiger charge is -2.01. The van der Waals surface area contributed by atoms with E-state index >= 15 is 0 Å². The third kappa shape index (κ3) is 9.41. The Balaban J connectivity index is 3.16. The molecule has 0 saturated carbocycles. The fraction of sp³-hybridized carbons (Fsp3) is 0.727. The van der Waals surface area contributed by atoms with Crippen LogP contribution in [0.3, 0.4) is 0 Å². The van der Waals surface area contributed by atoms with Crippen LogP contribution in [-0.2, 0) is 4.79 Å². The molecule has 0 aromatic rings. The van der Waals surface area contributed by atoms with Gasteiger partial charge < -0.3 is 0 Å². The Hall–Kier alpha value is -0.590. The number of carbonyl (C=O) groups excluding carboxylic acids is 1. The predicted molar refractivity (Wildman–Crippen MR) is 53.1 cm³/mol. The van der Waals surface area contributed by atoms with Crippen molar-refractivity contribution in [3.63, 3.8) is 0 Å². The molecule has 0 N–H and O–H groups in total. The Kier molecular flexibility index (Phi) is 6.73. The van der Waals surface area contributed by atoms with Crippen molar-refractivity contribution in [2.45, 2.75) is 46.5 Å². The van der Waals surface area contributed by atoms with Gasteiger partial charge in [0.05, 0.1) is 0 Å². The Morgan fingerprint density at radius 3 is 2.50 bits per heavy atom. The summed E-state index contributed by atoms with van der Waals surface area (Å²) in [5, 5.41) is 0. The first-order valence-corrected chi connectivity index (χ1v) is 4.80. The molecule has 0 rings (SSSR count). The van der Waals surface area contributed by atoms with Crippen molar-refractivity contribution in [3.8, 4) is 0 Å². The standard InChI is InChI=1S/C11H20O/c1-10(2)8-6-4-5-7-9-11(3)12/h7,9-10H,4-6,8H2,1-3H3/b9-7+. The van der Waals surface area contributed by atoms with E-state index < -0.39 is 0 Å². The number of hydrogen-bond donors (Lipinski definition) is 0. The highest BCUT2D eigenvalue weighted by Gasteiger charge is 1.92. The minimum atomic E-state index is 0.152. The van der Waals surface area contributed by atoms with Gasteiger partial charge in [-0.1, -0.05) is 32.8 Å². The molecule has 0 bridgehead atoms. The molecule has 0 unspecified atom stereocenters. The van der Waals surface area contributed by atoms with Crippen LogP contribution in [0, 0.1) is 5.92 Å². The molecule has 0 fully saturated rings. The number of unbranched alkanes of at least 4 members (excludes halogenated alkanes) is 2. The lowest BCUT2D eigenvalue weighted by Crippen LogP contribution is -1.86. The first-order valence-electron chi connectivity index (χ1n) is 4.80. The first kappa shape index (κ1) is 11.4. The summed E-state index contributed by atoms with van der Waals surface area (Å²) < 4.78 is 0. The van der Waals surface area contributed by atoms with Crippen LogP contribution in [0.15, 0.2) is 12.2 Å². The maximum Gasteiger partial charge on any atom is 0.152 e. The summed E-state index contributed by atoms with van der Waals surface area (Å²) in [7, 11) is 0. The van der Waals surface area contributed by atoms with Gasteiger partial charge in [-0.2, -0.15) is 0 Å². The highest BCUT2D eigenvalue weighted by Crippen LogP contribution is 2.08. The fourth-order valence-electron chi connectivity index (χ4n) is 1.06. The van der Waals surface area contributed by atoms with E-state index in [-0.39, 0.29) is 5.78 Å². The van der Waals surface area contributed by atoms with Crippen LogP contribution >= 0.6 is 0 Å². The van der Waals surface area contributed by atoms with Gasteiger partial charge in [0.2, 0.25) is 0 Å². The second-order valence-electron chi connectivity index (χ2n) is 3.69. The highest BCUT2D eigenvalue weighted by atomic mass is 16.1. The van der Waals surface area contributed by atoms with Crippen molar-refractivity contribution in [3.05, 3.63) is 12.2 Å². The summed E-state index contributed by atoms with van der Waals surface area (Å²) in [4.78, 5) is 10.5. The van der Waals surface area contributed by atoms with E-state index in [1.54, 1.807) is 13.0 Å². The second-order valence-corrected chi connectivity index (χ2v) is 3.69. The lowest BCUT2D eigenvalue weighted by atomic mass is 10.1. The normalized spacial score (nSPS) is 11.3. The number of ketones is 1. The summed E-state index contributed by atoms with van der Waals surface area (Å²) in [5.41, 5.74) is 0. The Bertz CT molecular complexity index is 145. The Morgan fingerprint density at radius 2 is 2.00 bits per heavy atom. The molecule has 0 saturated heterocycles. The largest absolute Gasteiger partial charge is 0.295 e. The molecule has 0 aliphatic heterocycles. The lowest BCUT2D eigenvalue weighted by molar-refractivity contribution is -0.112. The van der Waals surface area contributed by atoms with Crippen molar-refractivity contribution in [1.29, 1.82) is 0 Å². The zero-order valence-electron chi connectivity index (χ0n) is 8.47. The second kappa shape index (κ2) is 7.08. The average Bonchev–Trinajstić information content (AvgIpc) is 1.95. The van der Waals surface area contributed by atoms with Crippen LogP contribution in [-0.4, -0.2) is 5.78 Å². The minimum absolute atomic E-state index is 0.152. The summed E-state index contributed by atoms with van der Waals surface area (Å²) >= 11 is 0. The van der Waals surface area contributed by atoms with Crippen molar-refractivity contribution >= 4 is 5.78 Å². The van der Waals surface area contributed by atoms with Crippen LogP contribution in [0.1, 0.15) is 46.5 Å². The van der Waals surface area contributed by atoms with E-state index in [2.05, 4.69) is 13.8 Å². The van der Waals surface area contributed by atoms with Crippen LogP contribution in [0.4, 0.5) is 0 Å². The summed E-state index contributed by atoms with van der Waals surface area (Å²) in [6, 6.07) is 0. The third-order valence-corrected chi connectivity index (χ3v) is 1.75. The summed E-state index contributed by atoms with van der Waals surface area (Å²) in [5.74, 6) is 0.959. The molecule has 0 atom stereocenters. The van der Waals surface area contributed by atoms with Gasteiger partial charge in [0.25, 0.3) is 0 Å². The van der Waals surface area contributed by atoms with Gasteiger partial charge in [0.15, 0.2) is 5.78 Å². The van der Waals surface area contributed by atoms with Gasteiger partial charge >= 0.3 is 0 Å². The Morgan fingerprint density at radius 1 is 1.33 bits per heavy atom. The van der Waals surface area contributed by atoms with Gasteiger partial charge in [0.1, 0.15) is 0 Å². The molecule has 0 amide bonds. The molecule has 0 radical (unpaired) electrons. The van der Waals surface area contributed by atoms with E-state index in [9.17, 15) is 4.79 Å². The summed E-state index contributed by atoms with van der Waals surface area (Å²) in [6.07, 6.45) is 8.47. The average molecular weight is 168 g/mol. The maximum absolute atomic E-state index is 10.5. The van der Waals surface area contributed by atoms with Crippen LogP contribution in [0.5, 0.6) is 0 Å². The van der Waals surface area contributed by atoms with Gasteiger partial charge in [-0.05, 0) is 31.8 Å². The third-order valence-electron chi connectivity index (χ3n) is 1.75. The van der Waals surface area contributed by atoms with Crippen LogP contribution in [0.25, 0.3) is 0 Å². The van der Waals surface area contributed by atoms with Gasteiger partial charge in [-0.15, -0.1) is 0 Å². The molecule has 0 spiro atoms. The van der Waals surface area contributed by atoms with E-state index in [1.165, 1.54) is 19.3 Å². The van der Waals surface area contributed by atoms with Gasteiger partial charge in [-0.3, -0.25) is 4.79 Å². The van der Waals surface area contributed by atoms with E-state index in [4.69, 9.17) is 0 Å². The number of hydrogen-bond acceptors (Lipinski definition) is 1. The molecular weight excluding hydrogens is 148 g/mol. The molecule has 1 nitrogen and oxygen atoms in total. The SMILES string of the molecule is CC(=O)/C=C/CCCCC(C)C.